The van der Waals surface area contributed by atoms with E-state index in [1.54, 1.807) is 6.92 Å². The SMILES string of the molecule is CC(=O)N(CCc1noc(C2CC2)n1)C1CCCN(C(=O)CCC(C)C)C1. The fourth-order valence-corrected chi connectivity index (χ4v) is 3.69. The van der Waals surface area contributed by atoms with Crippen LogP contribution in [0.1, 0.15) is 76.9 Å². The van der Waals surface area contributed by atoms with E-state index in [0.29, 0.717) is 43.6 Å². The first kappa shape index (κ1) is 19.8. The Labute approximate surface area is 161 Å². The van der Waals surface area contributed by atoms with Gasteiger partial charge in [0.05, 0.1) is 0 Å². The quantitative estimate of drug-likeness (QED) is 0.697. The third-order valence-corrected chi connectivity index (χ3v) is 5.52. The highest BCUT2D eigenvalue weighted by Gasteiger charge is 2.31. The van der Waals surface area contributed by atoms with Crippen LogP contribution in [0.2, 0.25) is 0 Å². The van der Waals surface area contributed by atoms with E-state index in [0.717, 1.165) is 44.5 Å². The Balaban J connectivity index is 1.54. The number of hydrogen-bond donors (Lipinski definition) is 0. The van der Waals surface area contributed by atoms with Crippen LogP contribution in [-0.4, -0.2) is 57.4 Å². The highest BCUT2D eigenvalue weighted by Crippen LogP contribution is 2.38. The van der Waals surface area contributed by atoms with E-state index >= 15 is 0 Å². The van der Waals surface area contributed by atoms with Crippen LogP contribution in [0, 0.1) is 5.92 Å². The Morgan fingerprint density at radius 2 is 2.07 bits per heavy atom. The van der Waals surface area contributed by atoms with Crippen LogP contribution in [0.3, 0.4) is 0 Å². The van der Waals surface area contributed by atoms with Crippen LogP contribution in [0.25, 0.3) is 0 Å². The van der Waals surface area contributed by atoms with Crippen molar-refractivity contribution in [1.29, 1.82) is 0 Å². The van der Waals surface area contributed by atoms with Crippen LogP contribution in [0.15, 0.2) is 4.52 Å². The summed E-state index contributed by atoms with van der Waals surface area (Å²) in [4.78, 5) is 33.0. The second-order valence-corrected chi connectivity index (χ2v) is 8.35. The van der Waals surface area contributed by atoms with Crippen LogP contribution in [0.5, 0.6) is 0 Å². The van der Waals surface area contributed by atoms with Crippen LogP contribution in [0.4, 0.5) is 0 Å². The summed E-state index contributed by atoms with van der Waals surface area (Å²) in [5.74, 6) is 2.63. The molecule has 1 aliphatic carbocycles. The summed E-state index contributed by atoms with van der Waals surface area (Å²) in [5.41, 5.74) is 0. The number of amides is 2. The van der Waals surface area contributed by atoms with Crippen molar-refractivity contribution in [2.45, 2.75) is 77.7 Å². The zero-order valence-corrected chi connectivity index (χ0v) is 16.8. The largest absolute Gasteiger partial charge is 0.341 e. The zero-order valence-electron chi connectivity index (χ0n) is 16.8. The van der Waals surface area contributed by atoms with Gasteiger partial charge in [0.25, 0.3) is 0 Å². The van der Waals surface area contributed by atoms with Gasteiger partial charge in [-0.25, -0.2) is 0 Å². The molecule has 0 bridgehead atoms. The summed E-state index contributed by atoms with van der Waals surface area (Å²) in [5, 5.41) is 4.05. The maximum atomic E-state index is 12.5. The predicted molar refractivity (Wildman–Crippen MR) is 101 cm³/mol. The molecule has 1 unspecified atom stereocenters. The van der Waals surface area contributed by atoms with E-state index in [1.807, 2.05) is 9.80 Å². The van der Waals surface area contributed by atoms with Gasteiger partial charge >= 0.3 is 0 Å². The van der Waals surface area contributed by atoms with Gasteiger partial charge in [0.1, 0.15) is 0 Å². The van der Waals surface area contributed by atoms with E-state index in [2.05, 4.69) is 24.0 Å². The van der Waals surface area contributed by atoms with Crippen molar-refractivity contribution in [2.75, 3.05) is 19.6 Å². The average Bonchev–Trinajstić information content (AvgIpc) is 3.38. The first-order chi connectivity index (χ1) is 12.9. The van der Waals surface area contributed by atoms with Crippen molar-refractivity contribution < 1.29 is 14.1 Å². The Morgan fingerprint density at radius 1 is 1.30 bits per heavy atom. The molecule has 27 heavy (non-hydrogen) atoms. The lowest BCUT2D eigenvalue weighted by atomic mass is 10.0. The smallest absolute Gasteiger partial charge is 0.229 e. The van der Waals surface area contributed by atoms with Crippen LogP contribution >= 0.6 is 0 Å². The molecular formula is C20H32N4O3. The highest BCUT2D eigenvalue weighted by atomic mass is 16.5. The first-order valence-corrected chi connectivity index (χ1v) is 10.3. The number of carbonyl (C=O) groups is 2. The number of aromatic nitrogens is 2. The van der Waals surface area contributed by atoms with Crippen molar-refractivity contribution in [3.63, 3.8) is 0 Å². The first-order valence-electron chi connectivity index (χ1n) is 10.3. The standard InChI is InChI=1S/C20H32N4O3/c1-14(2)6-9-19(26)23-11-4-5-17(13-23)24(15(3)25)12-10-18-21-20(27-22-18)16-7-8-16/h14,16-17H,4-13H2,1-3H3. The van der Waals surface area contributed by atoms with Gasteiger partial charge in [-0.2, -0.15) is 4.98 Å². The van der Waals surface area contributed by atoms with Gasteiger partial charge in [0, 0.05) is 51.4 Å². The molecule has 0 spiro atoms. The maximum absolute atomic E-state index is 12.5. The molecule has 0 radical (unpaired) electrons. The lowest BCUT2D eigenvalue weighted by Crippen LogP contribution is -2.51. The van der Waals surface area contributed by atoms with Crippen molar-refractivity contribution >= 4 is 11.8 Å². The van der Waals surface area contributed by atoms with Crippen LogP contribution < -0.4 is 0 Å². The summed E-state index contributed by atoms with van der Waals surface area (Å²) in [6.07, 6.45) is 6.24. The molecule has 3 rings (SSSR count). The Bertz CT molecular complexity index is 653. The Morgan fingerprint density at radius 3 is 2.74 bits per heavy atom. The second-order valence-electron chi connectivity index (χ2n) is 8.35. The van der Waals surface area contributed by atoms with Gasteiger partial charge in [-0.3, -0.25) is 9.59 Å². The molecule has 2 amide bonds. The van der Waals surface area contributed by atoms with Gasteiger partial charge in [0.2, 0.25) is 17.7 Å². The molecule has 1 aromatic heterocycles. The summed E-state index contributed by atoms with van der Waals surface area (Å²) in [6.45, 7) is 7.88. The van der Waals surface area contributed by atoms with Crippen molar-refractivity contribution in [1.82, 2.24) is 19.9 Å². The fraction of sp³-hybridized carbons (Fsp3) is 0.800. The number of piperidine rings is 1. The topological polar surface area (TPSA) is 79.5 Å². The molecule has 1 aromatic rings. The Kier molecular flexibility index (Phi) is 6.50. The normalized spacial score (nSPS) is 20.1. The fourth-order valence-electron chi connectivity index (χ4n) is 3.69. The third-order valence-electron chi connectivity index (χ3n) is 5.52. The molecule has 1 saturated carbocycles. The Hall–Kier alpha value is -1.92. The van der Waals surface area contributed by atoms with E-state index in [4.69, 9.17) is 4.52 Å². The van der Waals surface area contributed by atoms with Crippen molar-refractivity contribution in [2.24, 2.45) is 5.92 Å². The van der Waals surface area contributed by atoms with E-state index in [9.17, 15) is 9.59 Å². The monoisotopic (exact) mass is 376 g/mol. The minimum absolute atomic E-state index is 0.0439. The number of rotatable bonds is 8. The van der Waals surface area contributed by atoms with Gasteiger partial charge < -0.3 is 14.3 Å². The molecule has 1 aliphatic heterocycles. The lowest BCUT2D eigenvalue weighted by molar-refractivity contribution is -0.138. The number of likely N-dealkylation sites (tertiary alicyclic amines) is 1. The summed E-state index contributed by atoms with van der Waals surface area (Å²) < 4.78 is 5.30. The predicted octanol–water partition coefficient (Wildman–Crippen LogP) is 2.77. The molecule has 7 heteroatoms. The molecule has 2 fully saturated rings. The molecule has 150 valence electrons. The molecule has 7 nitrogen and oxygen atoms in total. The van der Waals surface area contributed by atoms with E-state index in [-0.39, 0.29) is 17.9 Å². The minimum atomic E-state index is 0.0439. The van der Waals surface area contributed by atoms with E-state index < -0.39 is 0 Å². The van der Waals surface area contributed by atoms with Crippen molar-refractivity contribution in [3.8, 4) is 0 Å². The maximum Gasteiger partial charge on any atom is 0.229 e. The number of hydrogen-bond acceptors (Lipinski definition) is 5. The second kappa shape index (κ2) is 8.85. The number of carbonyl (C=O) groups excluding carboxylic acids is 2. The lowest BCUT2D eigenvalue weighted by Gasteiger charge is -2.39. The molecule has 2 aliphatic rings. The third kappa shape index (κ3) is 5.53. The van der Waals surface area contributed by atoms with Crippen LogP contribution in [-0.2, 0) is 16.0 Å². The van der Waals surface area contributed by atoms with Gasteiger partial charge in [-0.15, -0.1) is 0 Å². The average molecular weight is 377 g/mol. The summed E-state index contributed by atoms with van der Waals surface area (Å²) in [6, 6.07) is 0.0778. The molecule has 0 aromatic carbocycles. The van der Waals surface area contributed by atoms with Gasteiger partial charge in [-0.05, 0) is 38.0 Å². The highest BCUT2D eigenvalue weighted by molar-refractivity contribution is 5.77. The minimum Gasteiger partial charge on any atom is -0.341 e. The molecular weight excluding hydrogens is 344 g/mol. The number of nitrogens with zero attached hydrogens (tertiary/aromatic N) is 4. The molecule has 1 atom stereocenters. The van der Waals surface area contributed by atoms with Crippen molar-refractivity contribution in [3.05, 3.63) is 11.7 Å². The van der Waals surface area contributed by atoms with Gasteiger partial charge in [0.15, 0.2) is 5.82 Å². The molecule has 0 N–H and O–H groups in total. The summed E-state index contributed by atoms with van der Waals surface area (Å²) >= 11 is 0. The summed E-state index contributed by atoms with van der Waals surface area (Å²) in [7, 11) is 0. The molecule has 2 heterocycles. The van der Waals surface area contributed by atoms with E-state index in [1.165, 1.54) is 0 Å². The zero-order chi connectivity index (χ0) is 19.4. The molecule has 1 saturated heterocycles. The van der Waals surface area contributed by atoms with Gasteiger partial charge in [-0.1, -0.05) is 19.0 Å².